The second-order valence-corrected chi connectivity index (χ2v) is 6.22. The summed E-state index contributed by atoms with van der Waals surface area (Å²) < 4.78 is 5.29. The zero-order valence-corrected chi connectivity index (χ0v) is 14.3. The summed E-state index contributed by atoms with van der Waals surface area (Å²) in [5.41, 5.74) is 1.56. The highest BCUT2D eigenvalue weighted by Crippen LogP contribution is 2.31. The van der Waals surface area contributed by atoms with Crippen molar-refractivity contribution in [1.82, 2.24) is 4.90 Å². The molecular formula is C17H22ClN3O2. The molecule has 2 rings (SSSR count). The first-order chi connectivity index (χ1) is 11.0. The van der Waals surface area contributed by atoms with Gasteiger partial charge in [0.05, 0.1) is 18.9 Å². The lowest BCUT2D eigenvalue weighted by Crippen LogP contribution is -2.38. The number of rotatable bonds is 5. The highest BCUT2D eigenvalue weighted by molar-refractivity contribution is 6.31. The van der Waals surface area contributed by atoms with E-state index in [-0.39, 0.29) is 11.8 Å². The number of nitrogens with zero attached hydrogens (tertiary/aromatic N) is 2. The van der Waals surface area contributed by atoms with E-state index in [4.69, 9.17) is 21.6 Å². The van der Waals surface area contributed by atoms with Crippen LogP contribution in [-0.4, -0.2) is 37.6 Å². The molecular weight excluding hydrogens is 314 g/mol. The van der Waals surface area contributed by atoms with Crippen LogP contribution in [0.15, 0.2) is 12.1 Å². The van der Waals surface area contributed by atoms with E-state index in [2.05, 4.69) is 16.3 Å². The van der Waals surface area contributed by atoms with Gasteiger partial charge in [0.25, 0.3) is 0 Å². The summed E-state index contributed by atoms with van der Waals surface area (Å²) in [6.07, 6.45) is 2.16. The monoisotopic (exact) mass is 335 g/mol. The lowest BCUT2D eigenvalue weighted by atomic mass is 9.95. The first-order valence-corrected chi connectivity index (χ1v) is 8.17. The minimum absolute atomic E-state index is 0.00553. The number of hydrogen-bond donors (Lipinski definition) is 1. The Bertz CT molecular complexity index is 605. The highest BCUT2D eigenvalue weighted by atomic mass is 35.5. The molecule has 6 heteroatoms. The Morgan fingerprint density at radius 2 is 2.17 bits per heavy atom. The summed E-state index contributed by atoms with van der Waals surface area (Å²) in [7, 11) is 1.56. The number of halogens is 1. The number of hydrogen-bond acceptors (Lipinski definition) is 4. The van der Waals surface area contributed by atoms with Crippen LogP contribution in [0.3, 0.4) is 0 Å². The minimum Gasteiger partial charge on any atom is -0.495 e. The largest absolute Gasteiger partial charge is 0.495 e. The second kappa shape index (κ2) is 8.19. The van der Waals surface area contributed by atoms with E-state index in [0.29, 0.717) is 22.9 Å². The molecule has 124 valence electrons. The van der Waals surface area contributed by atoms with Crippen LogP contribution in [0.2, 0.25) is 5.02 Å². The van der Waals surface area contributed by atoms with Gasteiger partial charge in [0, 0.05) is 30.0 Å². The topological polar surface area (TPSA) is 65.4 Å². The average molecular weight is 336 g/mol. The number of piperidine rings is 1. The normalized spacial score (nSPS) is 15.9. The molecule has 0 unspecified atom stereocenters. The molecule has 1 heterocycles. The molecule has 0 spiro atoms. The third kappa shape index (κ3) is 4.60. The van der Waals surface area contributed by atoms with Crippen LogP contribution in [0, 0.1) is 24.2 Å². The van der Waals surface area contributed by atoms with Gasteiger partial charge in [-0.15, -0.1) is 0 Å². The summed E-state index contributed by atoms with van der Waals surface area (Å²) in [4.78, 5) is 14.7. The second-order valence-electron chi connectivity index (χ2n) is 5.81. The highest BCUT2D eigenvalue weighted by Gasteiger charge is 2.25. The van der Waals surface area contributed by atoms with Gasteiger partial charge in [-0.05, 0) is 44.5 Å². The Kier molecular flexibility index (Phi) is 6.26. The maximum Gasteiger partial charge on any atom is 0.227 e. The number of anilines is 1. The molecule has 1 aromatic carbocycles. The number of nitrogens with one attached hydrogen (secondary N) is 1. The Morgan fingerprint density at radius 1 is 1.48 bits per heavy atom. The average Bonchev–Trinajstić information content (AvgIpc) is 2.56. The van der Waals surface area contributed by atoms with Crippen molar-refractivity contribution in [3.8, 4) is 11.8 Å². The Balaban J connectivity index is 1.96. The summed E-state index contributed by atoms with van der Waals surface area (Å²) >= 11 is 6.09. The molecule has 0 atom stereocenters. The predicted molar refractivity (Wildman–Crippen MR) is 90.8 cm³/mol. The summed E-state index contributed by atoms with van der Waals surface area (Å²) in [5.74, 6) is 0.583. The van der Waals surface area contributed by atoms with Gasteiger partial charge < -0.3 is 15.0 Å². The van der Waals surface area contributed by atoms with Crippen molar-refractivity contribution in [2.45, 2.75) is 26.2 Å². The van der Waals surface area contributed by atoms with E-state index < -0.39 is 0 Å². The number of amides is 1. The Hall–Kier alpha value is -1.77. The molecule has 5 nitrogen and oxygen atoms in total. The van der Waals surface area contributed by atoms with E-state index >= 15 is 0 Å². The van der Waals surface area contributed by atoms with Crippen molar-refractivity contribution in [3.63, 3.8) is 0 Å². The fourth-order valence-electron chi connectivity index (χ4n) is 2.79. The molecule has 1 aromatic rings. The third-order valence-electron chi connectivity index (χ3n) is 4.24. The fraction of sp³-hybridized carbons (Fsp3) is 0.529. The first kappa shape index (κ1) is 17.6. The molecule has 0 aromatic heterocycles. The van der Waals surface area contributed by atoms with Crippen molar-refractivity contribution in [1.29, 1.82) is 5.26 Å². The molecule has 1 amide bonds. The van der Waals surface area contributed by atoms with Gasteiger partial charge in [0.2, 0.25) is 5.91 Å². The van der Waals surface area contributed by atoms with Crippen LogP contribution in [0.1, 0.15) is 24.8 Å². The van der Waals surface area contributed by atoms with E-state index in [1.165, 1.54) is 0 Å². The number of carbonyl (C=O) groups is 1. The molecule has 1 N–H and O–H groups in total. The van der Waals surface area contributed by atoms with Gasteiger partial charge in [0.15, 0.2) is 0 Å². The van der Waals surface area contributed by atoms with Crippen LogP contribution < -0.4 is 10.1 Å². The van der Waals surface area contributed by atoms with Crippen molar-refractivity contribution in [2.75, 3.05) is 32.1 Å². The molecule has 0 aliphatic carbocycles. The quantitative estimate of drug-likeness (QED) is 0.897. The molecule has 1 saturated heterocycles. The van der Waals surface area contributed by atoms with E-state index in [1.54, 1.807) is 13.2 Å². The number of benzene rings is 1. The third-order valence-corrected chi connectivity index (χ3v) is 4.64. The molecule has 0 radical (unpaired) electrons. The van der Waals surface area contributed by atoms with Crippen LogP contribution in [-0.2, 0) is 4.79 Å². The van der Waals surface area contributed by atoms with Crippen molar-refractivity contribution in [3.05, 3.63) is 22.7 Å². The van der Waals surface area contributed by atoms with Gasteiger partial charge >= 0.3 is 0 Å². The summed E-state index contributed by atoms with van der Waals surface area (Å²) in [6.45, 7) is 4.40. The van der Waals surface area contributed by atoms with Crippen molar-refractivity contribution < 1.29 is 9.53 Å². The number of ether oxygens (including phenoxy) is 1. The predicted octanol–water partition coefficient (Wildman–Crippen LogP) is 3.22. The molecule has 0 bridgehead atoms. The van der Waals surface area contributed by atoms with E-state index in [1.807, 2.05) is 13.0 Å². The lowest BCUT2D eigenvalue weighted by molar-refractivity contribution is -0.121. The van der Waals surface area contributed by atoms with Gasteiger partial charge in [0.1, 0.15) is 5.75 Å². The SMILES string of the molecule is COc1cc(Cl)c(C)cc1NC(=O)C1CCN(CCC#N)CC1. The maximum absolute atomic E-state index is 12.5. The number of aryl methyl sites for hydroxylation is 1. The Morgan fingerprint density at radius 3 is 2.78 bits per heavy atom. The van der Waals surface area contributed by atoms with Gasteiger partial charge in [-0.3, -0.25) is 4.79 Å². The van der Waals surface area contributed by atoms with Crippen LogP contribution >= 0.6 is 11.6 Å². The summed E-state index contributed by atoms with van der Waals surface area (Å²) in [5, 5.41) is 12.2. The fourth-order valence-corrected chi connectivity index (χ4v) is 2.95. The van der Waals surface area contributed by atoms with Crippen molar-refractivity contribution in [2.24, 2.45) is 5.92 Å². The number of nitriles is 1. The molecule has 1 fully saturated rings. The lowest BCUT2D eigenvalue weighted by Gasteiger charge is -2.30. The number of carbonyl (C=O) groups excluding carboxylic acids is 1. The molecule has 1 aliphatic heterocycles. The molecule has 23 heavy (non-hydrogen) atoms. The van der Waals surface area contributed by atoms with Crippen LogP contribution in [0.5, 0.6) is 5.75 Å². The van der Waals surface area contributed by atoms with Gasteiger partial charge in [-0.1, -0.05) is 11.6 Å². The first-order valence-electron chi connectivity index (χ1n) is 7.79. The zero-order valence-electron chi connectivity index (χ0n) is 13.6. The summed E-state index contributed by atoms with van der Waals surface area (Å²) in [6, 6.07) is 5.71. The minimum atomic E-state index is -0.00553. The molecule has 0 saturated carbocycles. The molecule has 1 aliphatic rings. The van der Waals surface area contributed by atoms with E-state index in [0.717, 1.165) is 38.0 Å². The van der Waals surface area contributed by atoms with E-state index in [9.17, 15) is 4.79 Å². The number of methoxy groups -OCH3 is 1. The Labute approximate surface area is 142 Å². The number of likely N-dealkylation sites (tertiary alicyclic amines) is 1. The zero-order chi connectivity index (χ0) is 16.8. The van der Waals surface area contributed by atoms with Gasteiger partial charge in [-0.2, -0.15) is 5.26 Å². The van der Waals surface area contributed by atoms with Crippen LogP contribution in [0.25, 0.3) is 0 Å². The van der Waals surface area contributed by atoms with Crippen molar-refractivity contribution >= 4 is 23.2 Å². The maximum atomic E-state index is 12.5. The standard InChI is InChI=1S/C17H22ClN3O2/c1-12-10-15(16(23-2)11-14(12)18)20-17(22)13-4-8-21(9-5-13)7-3-6-19/h10-11,13H,3-5,7-9H2,1-2H3,(H,20,22). The van der Waals surface area contributed by atoms with Gasteiger partial charge in [-0.25, -0.2) is 0 Å². The van der Waals surface area contributed by atoms with Crippen LogP contribution in [0.4, 0.5) is 5.69 Å². The smallest absolute Gasteiger partial charge is 0.227 e.